The Labute approximate surface area is 187 Å². The van der Waals surface area contributed by atoms with E-state index in [1.807, 2.05) is 18.2 Å². The van der Waals surface area contributed by atoms with Crippen LogP contribution in [0, 0.1) is 0 Å². The first kappa shape index (κ1) is 21.1. The van der Waals surface area contributed by atoms with Gasteiger partial charge in [-0.05, 0) is 72.4 Å². The number of amides is 1. The summed E-state index contributed by atoms with van der Waals surface area (Å²) in [6, 6.07) is 20.1. The van der Waals surface area contributed by atoms with Crippen molar-refractivity contribution in [2.75, 3.05) is 5.32 Å². The van der Waals surface area contributed by atoms with E-state index in [-0.39, 0.29) is 11.7 Å². The second-order valence-electron chi connectivity index (χ2n) is 8.11. The number of anilines is 1. The maximum absolute atomic E-state index is 13.0. The fourth-order valence-corrected chi connectivity index (χ4v) is 4.16. The van der Waals surface area contributed by atoms with Gasteiger partial charge in [0, 0.05) is 16.1 Å². The number of carbonyl (C=O) groups is 1. The molecule has 0 saturated heterocycles. The predicted octanol–water partition coefficient (Wildman–Crippen LogP) is 5.96. The van der Waals surface area contributed by atoms with Gasteiger partial charge in [-0.15, -0.1) is 0 Å². The van der Waals surface area contributed by atoms with E-state index in [1.54, 1.807) is 30.3 Å². The van der Waals surface area contributed by atoms with E-state index in [1.165, 1.54) is 11.1 Å². The van der Waals surface area contributed by atoms with Crippen LogP contribution in [0.1, 0.15) is 48.4 Å². The molecule has 1 aliphatic rings. The summed E-state index contributed by atoms with van der Waals surface area (Å²) in [7, 11) is 0. The number of aliphatic imine (C=N–C) groups is 1. The highest BCUT2D eigenvalue weighted by Crippen LogP contribution is 2.29. The number of carbonyl (C=O) groups excluding carboxylic acids is 1. The third-order valence-electron chi connectivity index (χ3n) is 5.59. The number of benzodiazepines with no additional fused rings is 1. The Kier molecular flexibility index (Phi) is 6.10. The number of phenols is 1. The predicted molar refractivity (Wildman–Crippen MR) is 126 cm³/mol. The van der Waals surface area contributed by atoms with Crippen LogP contribution in [-0.4, -0.2) is 22.8 Å². The van der Waals surface area contributed by atoms with Crippen molar-refractivity contribution in [2.24, 2.45) is 4.99 Å². The highest BCUT2D eigenvalue weighted by atomic mass is 35.5. The van der Waals surface area contributed by atoms with Crippen LogP contribution in [0.25, 0.3) is 0 Å². The summed E-state index contributed by atoms with van der Waals surface area (Å²) >= 11 is 6.26. The number of nitrogens with one attached hydrogen (secondary N) is 1. The van der Waals surface area contributed by atoms with Gasteiger partial charge in [-0.1, -0.05) is 49.7 Å². The van der Waals surface area contributed by atoms with E-state index in [2.05, 4.69) is 37.4 Å². The van der Waals surface area contributed by atoms with Crippen molar-refractivity contribution in [3.63, 3.8) is 0 Å². The number of aryl methyl sites for hydroxylation is 1. The van der Waals surface area contributed by atoms with Crippen LogP contribution in [0.15, 0.2) is 71.7 Å². The number of hydrogen-bond acceptors (Lipinski definition) is 3. The van der Waals surface area contributed by atoms with Crippen molar-refractivity contribution in [3.05, 3.63) is 94.0 Å². The second kappa shape index (κ2) is 8.94. The Hall–Kier alpha value is -3.11. The van der Waals surface area contributed by atoms with Gasteiger partial charge in [0.25, 0.3) is 0 Å². The van der Waals surface area contributed by atoms with E-state index in [0.29, 0.717) is 28.8 Å². The molecule has 1 heterocycles. The molecular formula is C26H25ClN2O2. The van der Waals surface area contributed by atoms with Crippen LogP contribution in [0.3, 0.4) is 0 Å². The lowest BCUT2D eigenvalue weighted by Crippen LogP contribution is -2.26. The lowest BCUT2D eigenvalue weighted by molar-refractivity contribution is -0.117. The number of nitrogens with zero attached hydrogens (tertiary/aromatic N) is 1. The lowest BCUT2D eigenvalue weighted by Gasteiger charge is -2.15. The average molecular weight is 433 g/mol. The van der Waals surface area contributed by atoms with E-state index >= 15 is 0 Å². The van der Waals surface area contributed by atoms with E-state index in [0.717, 1.165) is 17.5 Å². The minimum Gasteiger partial charge on any atom is -0.508 e. The molecule has 1 amide bonds. The Bertz CT molecular complexity index is 1140. The van der Waals surface area contributed by atoms with Gasteiger partial charge in [0.2, 0.25) is 5.91 Å². The number of rotatable bonds is 5. The largest absolute Gasteiger partial charge is 0.508 e. The molecule has 0 fully saturated rings. The minimum atomic E-state index is -0.532. The van der Waals surface area contributed by atoms with Crippen molar-refractivity contribution in [3.8, 4) is 5.75 Å². The quantitative estimate of drug-likeness (QED) is 0.522. The molecule has 0 bridgehead atoms. The van der Waals surface area contributed by atoms with Crippen molar-refractivity contribution in [2.45, 2.75) is 38.6 Å². The van der Waals surface area contributed by atoms with E-state index in [4.69, 9.17) is 16.6 Å². The molecule has 0 spiro atoms. The normalized spacial score (nSPS) is 15.8. The number of hydrogen-bond donors (Lipinski definition) is 2. The van der Waals surface area contributed by atoms with Crippen LogP contribution >= 0.6 is 11.6 Å². The first-order valence-electron chi connectivity index (χ1n) is 10.5. The number of benzene rings is 3. The maximum Gasteiger partial charge on any atom is 0.249 e. The topological polar surface area (TPSA) is 61.7 Å². The third kappa shape index (κ3) is 4.64. The molecule has 3 aromatic rings. The third-order valence-corrected chi connectivity index (χ3v) is 5.82. The number of phenolic OH excluding ortho intramolecular Hbond substituents is 1. The standard InChI is InChI=1S/C26H25ClN2O2/c1-16(2)21-6-4-3-5-17(21)9-13-24-26(31)29-23-14-10-19(27)15-22(23)25(28-24)18-7-11-20(30)12-8-18/h3-8,10-12,14-16,24,30H,9,13H2,1-2H3,(H,29,31). The fourth-order valence-electron chi connectivity index (χ4n) is 3.98. The summed E-state index contributed by atoms with van der Waals surface area (Å²) in [5, 5.41) is 13.3. The molecule has 1 atom stereocenters. The lowest BCUT2D eigenvalue weighted by atomic mass is 9.93. The highest BCUT2D eigenvalue weighted by Gasteiger charge is 2.26. The van der Waals surface area contributed by atoms with Crippen LogP contribution in [-0.2, 0) is 11.2 Å². The molecule has 0 aliphatic carbocycles. The average Bonchev–Trinajstić information content (AvgIpc) is 2.89. The summed E-state index contributed by atoms with van der Waals surface area (Å²) in [6.07, 6.45) is 1.36. The highest BCUT2D eigenvalue weighted by molar-refractivity contribution is 6.32. The Morgan fingerprint density at radius 1 is 1.06 bits per heavy atom. The molecule has 4 rings (SSSR count). The summed E-state index contributed by atoms with van der Waals surface area (Å²) in [5.41, 5.74) is 5.53. The molecule has 1 aliphatic heterocycles. The molecule has 0 radical (unpaired) electrons. The van der Waals surface area contributed by atoms with Gasteiger partial charge < -0.3 is 10.4 Å². The first-order valence-corrected chi connectivity index (χ1v) is 10.9. The first-order chi connectivity index (χ1) is 14.9. The summed E-state index contributed by atoms with van der Waals surface area (Å²) < 4.78 is 0. The molecule has 158 valence electrons. The van der Waals surface area contributed by atoms with Crippen molar-refractivity contribution in [1.82, 2.24) is 0 Å². The van der Waals surface area contributed by atoms with Gasteiger partial charge in [0.1, 0.15) is 11.8 Å². The van der Waals surface area contributed by atoms with Crippen LogP contribution < -0.4 is 5.32 Å². The Morgan fingerprint density at radius 2 is 1.81 bits per heavy atom. The summed E-state index contributed by atoms with van der Waals surface area (Å²) in [4.78, 5) is 17.9. The number of aromatic hydroxyl groups is 1. The maximum atomic E-state index is 13.0. The summed E-state index contributed by atoms with van der Waals surface area (Å²) in [5.74, 6) is 0.473. The van der Waals surface area contributed by atoms with Crippen LogP contribution in [0.2, 0.25) is 5.02 Å². The van der Waals surface area contributed by atoms with Crippen molar-refractivity contribution < 1.29 is 9.90 Å². The van der Waals surface area contributed by atoms with Crippen LogP contribution in [0.5, 0.6) is 5.75 Å². The van der Waals surface area contributed by atoms with E-state index in [9.17, 15) is 9.90 Å². The smallest absolute Gasteiger partial charge is 0.249 e. The molecule has 4 nitrogen and oxygen atoms in total. The molecule has 2 N–H and O–H groups in total. The second-order valence-corrected chi connectivity index (χ2v) is 8.55. The van der Waals surface area contributed by atoms with Gasteiger partial charge in [-0.3, -0.25) is 9.79 Å². The van der Waals surface area contributed by atoms with Gasteiger partial charge in [0.15, 0.2) is 0 Å². The minimum absolute atomic E-state index is 0.126. The monoisotopic (exact) mass is 432 g/mol. The van der Waals surface area contributed by atoms with Gasteiger partial charge in [0.05, 0.1) is 11.4 Å². The molecular weight excluding hydrogens is 408 g/mol. The fraction of sp³-hybridized carbons (Fsp3) is 0.231. The molecule has 1 unspecified atom stereocenters. The van der Waals surface area contributed by atoms with Crippen LogP contribution in [0.4, 0.5) is 5.69 Å². The number of halogens is 1. The molecule has 3 aromatic carbocycles. The zero-order valence-corrected chi connectivity index (χ0v) is 18.4. The van der Waals surface area contributed by atoms with Gasteiger partial charge >= 0.3 is 0 Å². The van der Waals surface area contributed by atoms with Crippen molar-refractivity contribution in [1.29, 1.82) is 0 Å². The number of fused-ring (bicyclic) bond motifs is 1. The molecule has 0 saturated carbocycles. The zero-order valence-electron chi connectivity index (χ0n) is 17.6. The zero-order chi connectivity index (χ0) is 22.0. The van der Waals surface area contributed by atoms with E-state index < -0.39 is 6.04 Å². The summed E-state index contributed by atoms with van der Waals surface area (Å²) in [6.45, 7) is 4.36. The SMILES string of the molecule is CC(C)c1ccccc1CCC1N=C(c2ccc(O)cc2)c2cc(Cl)ccc2NC1=O. The molecule has 31 heavy (non-hydrogen) atoms. The van der Waals surface area contributed by atoms with Crippen molar-refractivity contribution >= 4 is 28.9 Å². The van der Waals surface area contributed by atoms with Gasteiger partial charge in [-0.2, -0.15) is 0 Å². The molecule has 5 heteroatoms. The Morgan fingerprint density at radius 3 is 2.55 bits per heavy atom. The Balaban J connectivity index is 1.72. The molecule has 0 aromatic heterocycles. The van der Waals surface area contributed by atoms with Gasteiger partial charge in [-0.25, -0.2) is 0 Å².